The summed E-state index contributed by atoms with van der Waals surface area (Å²) in [6.07, 6.45) is 2.66. The first-order valence-corrected chi connectivity index (χ1v) is 17.2. The molecule has 5 aromatic rings. The molecule has 2 atom stereocenters. The minimum absolute atomic E-state index is 0.0211. The molecule has 0 radical (unpaired) electrons. The molecule has 14 nitrogen and oxygen atoms in total. The molecule has 7 rings (SSSR count). The van der Waals surface area contributed by atoms with Gasteiger partial charge in [-0.25, -0.2) is 14.8 Å². The number of rotatable bonds is 11. The van der Waals surface area contributed by atoms with E-state index in [2.05, 4.69) is 17.0 Å². The van der Waals surface area contributed by atoms with Crippen molar-refractivity contribution >= 4 is 34.4 Å². The summed E-state index contributed by atoms with van der Waals surface area (Å²) >= 11 is 0. The number of non-ortho nitro benzene ring substituents is 1. The van der Waals surface area contributed by atoms with Gasteiger partial charge in [0.15, 0.2) is 0 Å². The van der Waals surface area contributed by atoms with Crippen molar-refractivity contribution in [3.8, 4) is 5.75 Å². The first kappa shape index (κ1) is 34.9. The van der Waals surface area contributed by atoms with E-state index in [1.54, 1.807) is 51.1 Å². The number of urea groups is 1. The van der Waals surface area contributed by atoms with E-state index in [0.717, 1.165) is 27.6 Å². The number of amides is 4. The molecule has 2 saturated heterocycles. The molecule has 3 heterocycles. The number of aromatic nitrogens is 2. The highest BCUT2D eigenvalue weighted by molar-refractivity contribution is 5.92. The van der Waals surface area contributed by atoms with Gasteiger partial charge in [-0.3, -0.25) is 24.4 Å². The lowest BCUT2D eigenvalue weighted by atomic mass is 9.98. The van der Waals surface area contributed by atoms with Crippen molar-refractivity contribution in [2.24, 2.45) is 0 Å². The van der Waals surface area contributed by atoms with E-state index in [0.29, 0.717) is 5.56 Å². The Morgan fingerprint density at radius 3 is 2.47 bits per heavy atom. The molecule has 0 spiro atoms. The van der Waals surface area contributed by atoms with Crippen LogP contribution in [-0.2, 0) is 35.6 Å². The Labute approximate surface area is 305 Å². The Morgan fingerprint density at radius 2 is 1.72 bits per heavy atom. The molecule has 0 saturated carbocycles. The number of hydrogen-bond acceptors (Lipinski definition) is 8. The SMILES string of the molecule is C=CCN1CC(=O)N2[C@@H](Cc3ccc(O)cc3)C(=O)N(Cc3cccc4cnn(Cc5cccc([N+](=O)[O-])c5)c34)C[C@@H]2N1C(=O)NCc1ccccc1. The van der Waals surface area contributed by atoms with Gasteiger partial charge in [-0.15, -0.1) is 6.58 Å². The number of hydrazine groups is 1. The topological polar surface area (TPSA) is 157 Å². The maximum Gasteiger partial charge on any atom is 0.334 e. The molecule has 270 valence electrons. The van der Waals surface area contributed by atoms with Gasteiger partial charge in [0.05, 0.1) is 36.3 Å². The fraction of sp³-hybridized carbons (Fsp3) is 0.231. The molecule has 0 aliphatic carbocycles. The number of benzene rings is 4. The molecule has 53 heavy (non-hydrogen) atoms. The summed E-state index contributed by atoms with van der Waals surface area (Å²) in [6, 6.07) is 26.7. The number of para-hydroxylation sites is 1. The molecular formula is C39H38N8O6. The van der Waals surface area contributed by atoms with Crippen LogP contribution in [0, 0.1) is 10.1 Å². The van der Waals surface area contributed by atoms with E-state index >= 15 is 0 Å². The highest BCUT2D eigenvalue weighted by Crippen LogP contribution is 2.31. The summed E-state index contributed by atoms with van der Waals surface area (Å²) < 4.78 is 1.76. The quantitative estimate of drug-likeness (QED) is 0.116. The Kier molecular flexibility index (Phi) is 9.86. The summed E-state index contributed by atoms with van der Waals surface area (Å²) in [5, 5.41) is 33.0. The maximum absolute atomic E-state index is 14.6. The minimum atomic E-state index is -0.949. The van der Waals surface area contributed by atoms with Gasteiger partial charge in [-0.2, -0.15) is 5.10 Å². The number of aromatic hydroxyl groups is 1. The van der Waals surface area contributed by atoms with E-state index in [1.165, 1.54) is 34.2 Å². The Balaban J connectivity index is 1.25. The molecule has 0 bridgehead atoms. The van der Waals surface area contributed by atoms with Gasteiger partial charge in [0.2, 0.25) is 11.8 Å². The van der Waals surface area contributed by atoms with Crippen molar-refractivity contribution < 1.29 is 24.4 Å². The first-order valence-electron chi connectivity index (χ1n) is 17.2. The standard InChI is InChI=1S/C39H38N8O6/c1-2-18-43-26-36(49)45-34(20-27-14-16-33(48)17-15-27)38(50)42(25-35(45)46(43)39(51)40-21-28-8-4-3-5-9-28)24-31-12-7-11-30-22-41-44(37(30)31)23-29-10-6-13-32(19-29)47(52)53/h2-17,19,22,34-35,48H,1,18,20-21,23-26H2,(H,40,51)/t34-,35-/m0/s1. The lowest BCUT2D eigenvalue weighted by molar-refractivity contribution is -0.384. The van der Waals surface area contributed by atoms with Gasteiger partial charge >= 0.3 is 6.03 Å². The highest BCUT2D eigenvalue weighted by Gasteiger charge is 2.51. The molecule has 2 fully saturated rings. The van der Waals surface area contributed by atoms with Gasteiger partial charge in [0.25, 0.3) is 5.69 Å². The number of piperazine rings is 1. The second-order valence-corrected chi connectivity index (χ2v) is 13.1. The van der Waals surface area contributed by atoms with Gasteiger partial charge in [-0.1, -0.05) is 78.9 Å². The summed E-state index contributed by atoms with van der Waals surface area (Å²) in [5.41, 5.74) is 3.85. The van der Waals surface area contributed by atoms with Crippen LogP contribution in [-0.4, -0.2) is 89.3 Å². The van der Waals surface area contributed by atoms with Gasteiger partial charge in [-0.05, 0) is 34.4 Å². The van der Waals surface area contributed by atoms with Crippen LogP contribution in [0.3, 0.4) is 0 Å². The van der Waals surface area contributed by atoms with Crippen molar-refractivity contribution in [1.82, 2.24) is 34.9 Å². The van der Waals surface area contributed by atoms with Crippen LogP contribution < -0.4 is 5.32 Å². The van der Waals surface area contributed by atoms with Crippen LogP contribution in [0.5, 0.6) is 5.75 Å². The van der Waals surface area contributed by atoms with E-state index in [4.69, 9.17) is 0 Å². The number of phenols is 1. The van der Waals surface area contributed by atoms with Crippen LogP contribution in [0.4, 0.5) is 10.5 Å². The third-order valence-electron chi connectivity index (χ3n) is 9.59. The summed E-state index contributed by atoms with van der Waals surface area (Å²) in [5.74, 6) is -0.502. The lowest BCUT2D eigenvalue weighted by Crippen LogP contribution is -2.76. The van der Waals surface area contributed by atoms with Crippen molar-refractivity contribution in [2.45, 2.75) is 38.3 Å². The second kappa shape index (κ2) is 15.0. The average Bonchev–Trinajstić information content (AvgIpc) is 3.57. The number of carbonyl (C=O) groups excluding carboxylic acids is 3. The van der Waals surface area contributed by atoms with Gasteiger partial charge in [0.1, 0.15) is 18.0 Å². The maximum atomic E-state index is 14.6. The number of nitro benzene ring substituents is 1. The fourth-order valence-electron chi connectivity index (χ4n) is 7.17. The third-order valence-corrected chi connectivity index (χ3v) is 9.59. The molecule has 0 unspecified atom stereocenters. The average molecular weight is 715 g/mol. The van der Waals surface area contributed by atoms with E-state index < -0.39 is 23.2 Å². The van der Waals surface area contributed by atoms with Crippen molar-refractivity contribution in [1.29, 1.82) is 0 Å². The Bertz CT molecular complexity index is 2170. The fourth-order valence-corrected chi connectivity index (χ4v) is 7.17. The predicted octanol–water partition coefficient (Wildman–Crippen LogP) is 4.44. The summed E-state index contributed by atoms with van der Waals surface area (Å²) in [7, 11) is 0. The van der Waals surface area contributed by atoms with Gasteiger partial charge in [0, 0.05) is 43.6 Å². The zero-order valence-corrected chi connectivity index (χ0v) is 28.8. The normalized spacial score (nSPS) is 17.5. The molecular weight excluding hydrogens is 676 g/mol. The third kappa shape index (κ3) is 7.30. The highest BCUT2D eigenvalue weighted by atomic mass is 16.6. The van der Waals surface area contributed by atoms with E-state index in [-0.39, 0.29) is 68.9 Å². The number of fused-ring (bicyclic) bond motifs is 2. The molecule has 4 amide bonds. The van der Waals surface area contributed by atoms with Crippen molar-refractivity contribution in [2.75, 3.05) is 19.6 Å². The number of nitrogens with zero attached hydrogens (tertiary/aromatic N) is 7. The number of nitro groups is 1. The van der Waals surface area contributed by atoms with Crippen LogP contribution in [0.25, 0.3) is 10.9 Å². The molecule has 1 aromatic heterocycles. The predicted molar refractivity (Wildman–Crippen MR) is 196 cm³/mol. The minimum Gasteiger partial charge on any atom is -0.508 e. The summed E-state index contributed by atoms with van der Waals surface area (Å²) in [4.78, 5) is 56.9. The lowest BCUT2D eigenvalue weighted by Gasteiger charge is -2.55. The molecule has 2 aliphatic rings. The number of carbonyl (C=O) groups is 3. The zero-order valence-electron chi connectivity index (χ0n) is 28.8. The monoisotopic (exact) mass is 714 g/mol. The van der Waals surface area contributed by atoms with Crippen molar-refractivity contribution in [3.63, 3.8) is 0 Å². The Hall–Kier alpha value is -6.54. The summed E-state index contributed by atoms with van der Waals surface area (Å²) in [6.45, 7) is 4.64. The van der Waals surface area contributed by atoms with Crippen LogP contribution >= 0.6 is 0 Å². The zero-order chi connectivity index (χ0) is 37.1. The van der Waals surface area contributed by atoms with Crippen molar-refractivity contribution in [3.05, 3.63) is 148 Å². The van der Waals surface area contributed by atoms with Crippen LogP contribution in [0.15, 0.2) is 116 Å². The van der Waals surface area contributed by atoms with Crippen LogP contribution in [0.2, 0.25) is 0 Å². The molecule has 4 aromatic carbocycles. The van der Waals surface area contributed by atoms with Gasteiger partial charge < -0.3 is 20.2 Å². The van der Waals surface area contributed by atoms with E-state index in [1.807, 2.05) is 48.5 Å². The smallest absolute Gasteiger partial charge is 0.334 e. The van der Waals surface area contributed by atoms with Crippen LogP contribution in [0.1, 0.15) is 22.3 Å². The Morgan fingerprint density at radius 1 is 0.962 bits per heavy atom. The molecule has 14 heteroatoms. The number of nitrogens with one attached hydrogen (secondary N) is 1. The second-order valence-electron chi connectivity index (χ2n) is 13.1. The molecule has 2 N–H and O–H groups in total. The van der Waals surface area contributed by atoms with E-state index in [9.17, 15) is 29.6 Å². The number of phenolic OH excluding ortho intramolecular Hbond substituents is 1. The number of hydrogen-bond donors (Lipinski definition) is 2. The first-order chi connectivity index (χ1) is 25.7. The largest absolute Gasteiger partial charge is 0.508 e. The molecule has 2 aliphatic heterocycles.